The fraction of sp³-hybridized carbons (Fsp3) is 1.00. The molecule has 2 aliphatic heterocycles. The quantitative estimate of drug-likeness (QED) is 0.639. The lowest BCUT2D eigenvalue weighted by molar-refractivity contribution is -0.140. The summed E-state index contributed by atoms with van der Waals surface area (Å²) in [5, 5.41) is 8.75. The highest BCUT2D eigenvalue weighted by molar-refractivity contribution is 4.90. The first-order valence-corrected chi connectivity index (χ1v) is 4.76. The second-order valence-electron chi connectivity index (χ2n) is 4.06. The Balaban J connectivity index is 1.77. The zero-order valence-corrected chi connectivity index (χ0v) is 7.46. The van der Waals surface area contributed by atoms with Crippen LogP contribution in [0, 0.1) is 5.41 Å². The molecule has 2 aliphatic rings. The number of likely N-dealkylation sites (tertiary alicyclic amines) is 1. The van der Waals surface area contributed by atoms with Gasteiger partial charge in [0.1, 0.15) is 0 Å². The largest absolute Gasteiger partial charge is 0.395 e. The number of rotatable bonds is 2. The Hall–Kier alpha value is -0.120. The number of hydrogen-bond donors (Lipinski definition) is 1. The Morgan fingerprint density at radius 1 is 1.25 bits per heavy atom. The number of aliphatic hydroxyl groups excluding tert-OH is 1. The smallest absolute Gasteiger partial charge is 0.0558 e. The molecule has 0 saturated carbocycles. The van der Waals surface area contributed by atoms with Crippen molar-refractivity contribution in [2.24, 2.45) is 5.41 Å². The molecule has 0 radical (unpaired) electrons. The molecular formula is C9H17NO2. The van der Waals surface area contributed by atoms with Gasteiger partial charge in [0, 0.05) is 12.0 Å². The van der Waals surface area contributed by atoms with E-state index in [0.29, 0.717) is 12.0 Å². The van der Waals surface area contributed by atoms with Crippen LogP contribution in [0.4, 0.5) is 0 Å². The molecule has 0 aromatic carbocycles. The maximum atomic E-state index is 8.75. The first-order valence-electron chi connectivity index (χ1n) is 4.76. The van der Waals surface area contributed by atoms with Gasteiger partial charge in [0.2, 0.25) is 0 Å². The van der Waals surface area contributed by atoms with Gasteiger partial charge in [0.05, 0.1) is 19.8 Å². The molecule has 0 unspecified atom stereocenters. The van der Waals surface area contributed by atoms with Gasteiger partial charge in [-0.1, -0.05) is 0 Å². The minimum Gasteiger partial charge on any atom is -0.395 e. The van der Waals surface area contributed by atoms with E-state index in [2.05, 4.69) is 4.90 Å². The summed E-state index contributed by atoms with van der Waals surface area (Å²) in [6.07, 6.45) is 2.51. The van der Waals surface area contributed by atoms with Crippen LogP contribution in [-0.4, -0.2) is 49.5 Å². The molecule has 0 atom stereocenters. The summed E-state index contributed by atoms with van der Waals surface area (Å²) in [7, 11) is 0. The predicted molar refractivity (Wildman–Crippen MR) is 46.0 cm³/mol. The minimum absolute atomic E-state index is 0.295. The molecule has 12 heavy (non-hydrogen) atoms. The molecule has 1 spiro atoms. The van der Waals surface area contributed by atoms with Crippen molar-refractivity contribution in [2.45, 2.75) is 12.8 Å². The van der Waals surface area contributed by atoms with Gasteiger partial charge in [-0.05, 0) is 25.9 Å². The lowest BCUT2D eigenvalue weighted by atomic mass is 9.77. The maximum Gasteiger partial charge on any atom is 0.0558 e. The molecule has 2 heterocycles. The summed E-state index contributed by atoms with van der Waals surface area (Å²) in [6, 6.07) is 0. The summed E-state index contributed by atoms with van der Waals surface area (Å²) in [4.78, 5) is 2.34. The fourth-order valence-electron chi connectivity index (χ4n) is 2.07. The number of β-amino-alcohol motifs (C(OH)–C–C–N with tert-alkyl or cyclic N) is 1. The monoisotopic (exact) mass is 171 g/mol. The highest BCUT2D eigenvalue weighted by Gasteiger charge is 2.40. The topological polar surface area (TPSA) is 32.7 Å². The maximum absolute atomic E-state index is 8.75. The lowest BCUT2D eigenvalue weighted by Crippen LogP contribution is -2.51. The van der Waals surface area contributed by atoms with Crippen molar-refractivity contribution < 1.29 is 9.84 Å². The van der Waals surface area contributed by atoms with E-state index < -0.39 is 0 Å². The Bertz CT molecular complexity index is 147. The normalized spacial score (nSPS) is 28.8. The van der Waals surface area contributed by atoms with Gasteiger partial charge in [-0.2, -0.15) is 0 Å². The lowest BCUT2D eigenvalue weighted by Gasteiger charge is -2.47. The fourth-order valence-corrected chi connectivity index (χ4v) is 2.07. The van der Waals surface area contributed by atoms with Gasteiger partial charge in [-0.25, -0.2) is 0 Å². The molecular weight excluding hydrogens is 154 g/mol. The molecule has 0 aromatic heterocycles. The standard InChI is InChI=1S/C9H17NO2/c11-6-5-10-3-1-9(2-4-10)7-12-8-9/h11H,1-8H2. The van der Waals surface area contributed by atoms with Crippen molar-refractivity contribution in [2.75, 3.05) is 39.5 Å². The van der Waals surface area contributed by atoms with Gasteiger partial charge in [-0.15, -0.1) is 0 Å². The zero-order chi connectivity index (χ0) is 8.44. The van der Waals surface area contributed by atoms with Crippen molar-refractivity contribution in [3.8, 4) is 0 Å². The summed E-state index contributed by atoms with van der Waals surface area (Å²) in [5.41, 5.74) is 0.534. The van der Waals surface area contributed by atoms with E-state index >= 15 is 0 Å². The average molecular weight is 171 g/mol. The molecule has 3 nitrogen and oxygen atoms in total. The van der Waals surface area contributed by atoms with E-state index in [1.54, 1.807) is 0 Å². The highest BCUT2D eigenvalue weighted by Crippen LogP contribution is 2.38. The van der Waals surface area contributed by atoms with Crippen LogP contribution in [0.1, 0.15) is 12.8 Å². The Kier molecular flexibility index (Phi) is 2.35. The van der Waals surface area contributed by atoms with Gasteiger partial charge < -0.3 is 14.7 Å². The van der Waals surface area contributed by atoms with Crippen molar-refractivity contribution in [3.05, 3.63) is 0 Å². The first kappa shape index (κ1) is 8.48. The third-order valence-electron chi connectivity index (χ3n) is 3.15. The van der Waals surface area contributed by atoms with Crippen molar-refractivity contribution >= 4 is 0 Å². The van der Waals surface area contributed by atoms with Crippen LogP contribution in [0.2, 0.25) is 0 Å². The van der Waals surface area contributed by atoms with E-state index in [1.807, 2.05) is 0 Å². The molecule has 70 valence electrons. The number of ether oxygens (including phenoxy) is 1. The summed E-state index contributed by atoms with van der Waals surface area (Å²) < 4.78 is 5.24. The van der Waals surface area contributed by atoms with Crippen molar-refractivity contribution in [3.63, 3.8) is 0 Å². The van der Waals surface area contributed by atoms with E-state index in [9.17, 15) is 0 Å². The van der Waals surface area contributed by atoms with Gasteiger partial charge >= 0.3 is 0 Å². The van der Waals surface area contributed by atoms with Crippen LogP contribution in [0.3, 0.4) is 0 Å². The minimum atomic E-state index is 0.295. The molecule has 2 rings (SSSR count). The second-order valence-corrected chi connectivity index (χ2v) is 4.06. The number of piperidine rings is 1. The van der Waals surface area contributed by atoms with Gasteiger partial charge in [-0.3, -0.25) is 0 Å². The van der Waals surface area contributed by atoms with Crippen LogP contribution in [0.15, 0.2) is 0 Å². The third-order valence-corrected chi connectivity index (χ3v) is 3.15. The zero-order valence-electron chi connectivity index (χ0n) is 7.46. The SMILES string of the molecule is OCCN1CCC2(CC1)COC2. The van der Waals surface area contributed by atoms with E-state index in [1.165, 1.54) is 12.8 Å². The number of hydrogen-bond acceptors (Lipinski definition) is 3. The molecule has 1 N–H and O–H groups in total. The van der Waals surface area contributed by atoms with E-state index in [4.69, 9.17) is 9.84 Å². The Labute approximate surface area is 73.3 Å². The summed E-state index contributed by atoms with van der Waals surface area (Å²) in [6.45, 7) is 5.37. The third kappa shape index (κ3) is 1.49. The molecule has 0 bridgehead atoms. The second kappa shape index (κ2) is 3.32. The summed E-state index contributed by atoms with van der Waals surface area (Å²) in [5.74, 6) is 0. The molecule has 0 aromatic rings. The van der Waals surface area contributed by atoms with Gasteiger partial charge in [0.25, 0.3) is 0 Å². The van der Waals surface area contributed by atoms with Crippen LogP contribution in [0.5, 0.6) is 0 Å². The summed E-state index contributed by atoms with van der Waals surface area (Å²) >= 11 is 0. The average Bonchev–Trinajstić information content (AvgIpc) is 2.04. The first-order chi connectivity index (χ1) is 5.85. The van der Waals surface area contributed by atoms with Gasteiger partial charge in [0.15, 0.2) is 0 Å². The molecule has 0 aliphatic carbocycles. The molecule has 0 amide bonds. The number of aliphatic hydroxyl groups is 1. The van der Waals surface area contributed by atoms with Crippen LogP contribution < -0.4 is 0 Å². The van der Waals surface area contributed by atoms with Crippen LogP contribution in [0.25, 0.3) is 0 Å². The molecule has 2 saturated heterocycles. The van der Waals surface area contributed by atoms with Crippen molar-refractivity contribution in [1.82, 2.24) is 4.90 Å². The van der Waals surface area contributed by atoms with E-state index in [-0.39, 0.29) is 0 Å². The Morgan fingerprint density at radius 2 is 1.92 bits per heavy atom. The van der Waals surface area contributed by atoms with Crippen LogP contribution in [-0.2, 0) is 4.74 Å². The highest BCUT2D eigenvalue weighted by atomic mass is 16.5. The molecule has 3 heteroatoms. The van der Waals surface area contributed by atoms with Crippen molar-refractivity contribution in [1.29, 1.82) is 0 Å². The predicted octanol–water partition coefficient (Wildman–Crippen LogP) is 0.0911. The number of nitrogens with zero attached hydrogens (tertiary/aromatic N) is 1. The molecule has 2 fully saturated rings. The van der Waals surface area contributed by atoms with E-state index in [0.717, 1.165) is 32.8 Å². The van der Waals surface area contributed by atoms with Crippen LogP contribution >= 0.6 is 0 Å². The Morgan fingerprint density at radius 3 is 2.33 bits per heavy atom.